The molecule has 0 radical (unpaired) electrons. The van der Waals surface area contributed by atoms with E-state index < -0.39 is 34.4 Å². The van der Waals surface area contributed by atoms with Crippen molar-refractivity contribution >= 4 is 11.6 Å². The number of nitrogens with two attached hydrogens (primary N) is 1. The molecule has 1 aromatic rings. The molecular weight excluding hydrogens is 254 g/mol. The highest BCUT2D eigenvalue weighted by atomic mass is 19.1. The quantitative estimate of drug-likeness (QED) is 0.798. The second-order valence-corrected chi connectivity index (χ2v) is 5.28. The molecule has 1 heterocycles. The number of halogens is 2. The Balaban J connectivity index is 2.19. The number of amides is 1. The van der Waals surface area contributed by atoms with Gasteiger partial charge in [0, 0.05) is 0 Å². The molecule has 6 heteroatoms. The first-order valence-electron chi connectivity index (χ1n) is 6.01. The van der Waals surface area contributed by atoms with Gasteiger partial charge in [0.15, 0.2) is 5.82 Å². The number of hydrogen-bond acceptors (Lipinski definition) is 3. The molecule has 0 unspecified atom stereocenters. The molecule has 4 nitrogen and oxygen atoms in total. The minimum absolute atomic E-state index is 0.0148. The Morgan fingerprint density at radius 3 is 2.53 bits per heavy atom. The van der Waals surface area contributed by atoms with Crippen molar-refractivity contribution in [3.05, 3.63) is 29.3 Å². The average Bonchev–Trinajstić information content (AvgIpc) is 2.28. The molecule has 1 aliphatic rings. The number of hydrogen-bond donors (Lipinski definition) is 2. The van der Waals surface area contributed by atoms with E-state index in [1.807, 2.05) is 13.8 Å². The van der Waals surface area contributed by atoms with Crippen molar-refractivity contribution in [1.29, 1.82) is 0 Å². The summed E-state index contributed by atoms with van der Waals surface area (Å²) in [6.07, 6.45) is 0. The first-order chi connectivity index (χ1) is 8.74. The molecule has 1 amide bonds. The van der Waals surface area contributed by atoms with Crippen LogP contribution in [-0.2, 0) is 0 Å². The number of aliphatic hydroxyl groups is 1. The number of nitrogens with zero attached hydrogens (tertiary/aromatic N) is 1. The van der Waals surface area contributed by atoms with Crippen LogP contribution in [0.5, 0.6) is 0 Å². The van der Waals surface area contributed by atoms with Crippen LogP contribution in [0.15, 0.2) is 12.1 Å². The van der Waals surface area contributed by atoms with Gasteiger partial charge in [-0.1, -0.05) is 13.8 Å². The number of nitrogen functional groups attached to an aromatic ring is 1. The van der Waals surface area contributed by atoms with Crippen LogP contribution < -0.4 is 5.73 Å². The van der Waals surface area contributed by atoms with Gasteiger partial charge >= 0.3 is 0 Å². The molecule has 0 aromatic heterocycles. The third kappa shape index (κ3) is 2.28. The molecule has 104 valence electrons. The van der Waals surface area contributed by atoms with Crippen molar-refractivity contribution in [3.63, 3.8) is 0 Å². The van der Waals surface area contributed by atoms with Crippen molar-refractivity contribution in [2.45, 2.75) is 19.4 Å². The highest BCUT2D eigenvalue weighted by Crippen LogP contribution is 2.30. The van der Waals surface area contributed by atoms with Crippen LogP contribution in [-0.4, -0.2) is 34.6 Å². The van der Waals surface area contributed by atoms with Crippen molar-refractivity contribution in [3.8, 4) is 0 Å². The van der Waals surface area contributed by atoms with Gasteiger partial charge in [-0.15, -0.1) is 0 Å². The molecule has 0 aliphatic carbocycles. The molecule has 1 aliphatic heterocycles. The molecule has 1 saturated heterocycles. The monoisotopic (exact) mass is 270 g/mol. The summed E-state index contributed by atoms with van der Waals surface area (Å²) in [7, 11) is 0. The number of benzene rings is 1. The Kier molecular flexibility index (Phi) is 3.22. The summed E-state index contributed by atoms with van der Waals surface area (Å²) in [6.45, 7) is 3.89. The zero-order valence-electron chi connectivity index (χ0n) is 10.8. The van der Waals surface area contributed by atoms with E-state index in [4.69, 9.17) is 5.73 Å². The van der Waals surface area contributed by atoms with Gasteiger partial charge in [-0.25, -0.2) is 8.78 Å². The summed E-state index contributed by atoms with van der Waals surface area (Å²) >= 11 is 0. The van der Waals surface area contributed by atoms with E-state index in [9.17, 15) is 18.7 Å². The lowest BCUT2D eigenvalue weighted by Crippen LogP contribution is -2.66. The Labute approximate surface area is 109 Å². The molecule has 3 N–H and O–H groups in total. The number of carbonyl (C=O) groups excluding carboxylic acids is 1. The Bertz CT molecular complexity index is 526. The van der Waals surface area contributed by atoms with Crippen LogP contribution in [0.4, 0.5) is 14.5 Å². The summed E-state index contributed by atoms with van der Waals surface area (Å²) in [5, 5.41) is 10.0. The fourth-order valence-electron chi connectivity index (χ4n) is 2.06. The van der Waals surface area contributed by atoms with E-state index in [0.29, 0.717) is 0 Å². The summed E-state index contributed by atoms with van der Waals surface area (Å²) in [5.74, 6) is -2.36. The number of anilines is 1. The molecule has 0 saturated carbocycles. The van der Waals surface area contributed by atoms with Gasteiger partial charge in [0.2, 0.25) is 0 Å². The van der Waals surface area contributed by atoms with Crippen LogP contribution in [0, 0.1) is 17.6 Å². The predicted octanol–water partition coefficient (Wildman–Crippen LogP) is 1.39. The fraction of sp³-hybridized carbons (Fsp3) is 0.462. The summed E-state index contributed by atoms with van der Waals surface area (Å²) < 4.78 is 26.9. The SMILES string of the molecule is CC(C)C1(O)CN(C(=O)c2cc(F)cc(N)c2F)C1. The summed E-state index contributed by atoms with van der Waals surface area (Å²) in [5.41, 5.74) is 3.53. The molecule has 0 bridgehead atoms. The van der Waals surface area contributed by atoms with E-state index in [1.54, 1.807) is 0 Å². The normalized spacial score (nSPS) is 17.5. The van der Waals surface area contributed by atoms with Crippen LogP contribution in [0.1, 0.15) is 24.2 Å². The van der Waals surface area contributed by atoms with Crippen LogP contribution in [0.2, 0.25) is 0 Å². The molecular formula is C13H16F2N2O2. The highest BCUT2D eigenvalue weighted by molar-refractivity contribution is 5.96. The molecule has 19 heavy (non-hydrogen) atoms. The van der Waals surface area contributed by atoms with Gasteiger partial charge in [-0.2, -0.15) is 0 Å². The van der Waals surface area contributed by atoms with Gasteiger partial charge < -0.3 is 15.7 Å². The first-order valence-corrected chi connectivity index (χ1v) is 6.01. The van der Waals surface area contributed by atoms with E-state index in [1.165, 1.54) is 4.90 Å². The van der Waals surface area contributed by atoms with E-state index >= 15 is 0 Å². The summed E-state index contributed by atoms with van der Waals surface area (Å²) in [6, 6.07) is 1.65. The third-order valence-corrected chi connectivity index (χ3v) is 3.59. The molecule has 2 rings (SSSR count). The number of rotatable bonds is 2. The van der Waals surface area contributed by atoms with Gasteiger partial charge in [0.1, 0.15) is 11.4 Å². The predicted molar refractivity (Wildman–Crippen MR) is 66.5 cm³/mol. The van der Waals surface area contributed by atoms with Crippen molar-refractivity contribution < 1.29 is 18.7 Å². The van der Waals surface area contributed by atoms with Crippen molar-refractivity contribution in [2.75, 3.05) is 18.8 Å². The van der Waals surface area contributed by atoms with Gasteiger partial charge in [-0.05, 0) is 18.1 Å². The minimum Gasteiger partial charge on any atom is -0.396 e. The van der Waals surface area contributed by atoms with E-state index in [2.05, 4.69) is 0 Å². The number of likely N-dealkylation sites (tertiary alicyclic amines) is 1. The van der Waals surface area contributed by atoms with Crippen molar-refractivity contribution in [2.24, 2.45) is 5.92 Å². The summed E-state index contributed by atoms with van der Waals surface area (Å²) in [4.78, 5) is 13.3. The Morgan fingerprint density at radius 2 is 2.00 bits per heavy atom. The van der Waals surface area contributed by atoms with E-state index in [-0.39, 0.29) is 19.0 Å². The molecule has 0 spiro atoms. The Morgan fingerprint density at radius 1 is 1.42 bits per heavy atom. The lowest BCUT2D eigenvalue weighted by Gasteiger charge is -2.49. The highest BCUT2D eigenvalue weighted by Gasteiger charge is 2.46. The maximum Gasteiger partial charge on any atom is 0.257 e. The van der Waals surface area contributed by atoms with Crippen molar-refractivity contribution in [1.82, 2.24) is 4.90 Å². The first kappa shape index (κ1) is 13.7. The average molecular weight is 270 g/mol. The number of β-amino-alcohol motifs (C(OH)–C–C–N with tert-alkyl or cyclic N) is 1. The fourth-order valence-corrected chi connectivity index (χ4v) is 2.06. The van der Waals surface area contributed by atoms with Gasteiger partial charge in [-0.3, -0.25) is 4.79 Å². The second kappa shape index (κ2) is 4.45. The Hall–Kier alpha value is -1.69. The molecule has 1 aromatic carbocycles. The van der Waals surface area contributed by atoms with Gasteiger partial charge in [0.25, 0.3) is 5.91 Å². The lowest BCUT2D eigenvalue weighted by atomic mass is 9.82. The second-order valence-electron chi connectivity index (χ2n) is 5.28. The molecule has 0 atom stereocenters. The standard InChI is InChI=1S/C13H16F2N2O2/c1-7(2)13(19)5-17(6-13)12(18)9-3-8(14)4-10(16)11(9)15/h3-4,7,19H,5-6,16H2,1-2H3. The maximum atomic E-state index is 13.7. The third-order valence-electron chi connectivity index (χ3n) is 3.59. The van der Waals surface area contributed by atoms with Crippen LogP contribution >= 0.6 is 0 Å². The maximum absolute atomic E-state index is 13.7. The van der Waals surface area contributed by atoms with Gasteiger partial charge in [0.05, 0.1) is 24.3 Å². The molecule has 1 fully saturated rings. The van der Waals surface area contributed by atoms with Crippen LogP contribution in [0.3, 0.4) is 0 Å². The van der Waals surface area contributed by atoms with Crippen LogP contribution in [0.25, 0.3) is 0 Å². The zero-order valence-corrected chi connectivity index (χ0v) is 10.8. The minimum atomic E-state index is -0.953. The zero-order chi connectivity index (χ0) is 14.4. The van der Waals surface area contributed by atoms with E-state index in [0.717, 1.165) is 12.1 Å². The topological polar surface area (TPSA) is 66.6 Å². The smallest absolute Gasteiger partial charge is 0.257 e. The largest absolute Gasteiger partial charge is 0.396 e. The number of carbonyl (C=O) groups is 1. The lowest BCUT2D eigenvalue weighted by molar-refractivity contribution is -0.111.